The van der Waals surface area contributed by atoms with Crippen LogP contribution >= 0.6 is 0 Å². The van der Waals surface area contributed by atoms with Crippen LogP contribution in [0.4, 0.5) is 5.69 Å². The van der Waals surface area contributed by atoms with Crippen LogP contribution in [0.15, 0.2) is 64.2 Å². The van der Waals surface area contributed by atoms with Gasteiger partial charge in [0.15, 0.2) is 0 Å². The summed E-state index contributed by atoms with van der Waals surface area (Å²) in [5.74, 6) is -0.328. The highest BCUT2D eigenvalue weighted by Crippen LogP contribution is 2.17. The molecule has 7 nitrogen and oxygen atoms in total. The van der Waals surface area contributed by atoms with Crippen LogP contribution in [0.3, 0.4) is 0 Å². The van der Waals surface area contributed by atoms with Crippen molar-refractivity contribution in [3.8, 4) is 5.69 Å². The number of anilines is 1. The van der Waals surface area contributed by atoms with Crippen molar-refractivity contribution in [1.29, 1.82) is 0 Å². The first kappa shape index (κ1) is 21.4. The van der Waals surface area contributed by atoms with E-state index in [4.69, 9.17) is 0 Å². The van der Waals surface area contributed by atoms with Crippen molar-refractivity contribution in [2.45, 2.75) is 33.7 Å². The highest BCUT2D eigenvalue weighted by atomic mass is 16.2. The summed E-state index contributed by atoms with van der Waals surface area (Å²) in [5.41, 5.74) is 3.84. The van der Waals surface area contributed by atoms with Crippen molar-refractivity contribution in [2.75, 3.05) is 5.32 Å². The molecule has 32 heavy (non-hydrogen) atoms. The molecule has 1 amide bonds. The quantitative estimate of drug-likeness (QED) is 0.528. The van der Waals surface area contributed by atoms with Crippen LogP contribution in [0, 0.1) is 13.8 Å². The number of carbonyl (C=O) groups excluding carboxylic acids is 1. The van der Waals surface area contributed by atoms with Crippen LogP contribution in [-0.4, -0.2) is 19.6 Å². The molecule has 2 aromatic heterocycles. The molecular formula is C25H26N4O3. The van der Waals surface area contributed by atoms with Crippen LogP contribution in [0.5, 0.6) is 0 Å². The molecule has 4 rings (SSSR count). The monoisotopic (exact) mass is 430 g/mol. The summed E-state index contributed by atoms with van der Waals surface area (Å²) < 4.78 is 4.27. The Morgan fingerprint density at radius 1 is 1.00 bits per heavy atom. The zero-order valence-electron chi connectivity index (χ0n) is 18.7. The third kappa shape index (κ3) is 3.66. The third-order valence-corrected chi connectivity index (χ3v) is 5.81. The van der Waals surface area contributed by atoms with Gasteiger partial charge in [0.2, 0.25) is 5.91 Å². The number of aromatic nitrogens is 3. The van der Waals surface area contributed by atoms with Gasteiger partial charge < -0.3 is 9.88 Å². The van der Waals surface area contributed by atoms with Crippen LogP contribution in [-0.2, 0) is 24.8 Å². The van der Waals surface area contributed by atoms with Crippen LogP contribution in [0.1, 0.15) is 23.7 Å². The number of fused-ring (bicyclic) bond motifs is 1. The molecule has 0 aliphatic carbocycles. The molecule has 0 atom stereocenters. The number of amides is 1. The lowest BCUT2D eigenvalue weighted by Crippen LogP contribution is -2.41. The van der Waals surface area contributed by atoms with E-state index in [2.05, 4.69) is 5.32 Å². The summed E-state index contributed by atoms with van der Waals surface area (Å²) in [6.07, 6.45) is 0.775. The SMILES string of the molecule is CCc1ccccc1NC(=O)Cn1c(=O)n(-c2cccc(C)c2)c(=O)c2c1cc(C)n2C. The van der Waals surface area contributed by atoms with E-state index in [1.54, 1.807) is 35.9 Å². The Labute approximate surface area is 185 Å². The second-order valence-electron chi connectivity index (χ2n) is 7.99. The van der Waals surface area contributed by atoms with Crippen molar-refractivity contribution < 1.29 is 4.79 Å². The first-order chi connectivity index (χ1) is 15.3. The maximum Gasteiger partial charge on any atom is 0.336 e. The Hall–Kier alpha value is -3.87. The number of nitrogens with one attached hydrogen (secondary N) is 1. The third-order valence-electron chi connectivity index (χ3n) is 5.81. The molecule has 0 saturated carbocycles. The lowest BCUT2D eigenvalue weighted by molar-refractivity contribution is -0.116. The number of carbonyl (C=O) groups is 1. The van der Waals surface area contributed by atoms with E-state index in [-0.39, 0.29) is 12.5 Å². The summed E-state index contributed by atoms with van der Waals surface area (Å²) in [7, 11) is 1.78. The smallest absolute Gasteiger partial charge is 0.336 e. The minimum absolute atomic E-state index is 0.205. The van der Waals surface area contributed by atoms with Gasteiger partial charge in [0.25, 0.3) is 5.56 Å². The van der Waals surface area contributed by atoms with E-state index < -0.39 is 11.2 Å². The fraction of sp³-hybridized carbons (Fsp3) is 0.240. The molecule has 0 spiro atoms. The summed E-state index contributed by atoms with van der Waals surface area (Å²) >= 11 is 0. The zero-order valence-corrected chi connectivity index (χ0v) is 18.7. The normalized spacial score (nSPS) is 11.1. The summed E-state index contributed by atoms with van der Waals surface area (Å²) in [6.45, 7) is 5.58. The predicted molar refractivity (Wildman–Crippen MR) is 127 cm³/mol. The second kappa shape index (κ2) is 8.34. The molecule has 4 aromatic rings. The molecule has 164 valence electrons. The molecular weight excluding hydrogens is 404 g/mol. The average Bonchev–Trinajstić information content (AvgIpc) is 3.06. The van der Waals surface area contributed by atoms with Gasteiger partial charge in [-0.2, -0.15) is 0 Å². The predicted octanol–water partition coefficient (Wildman–Crippen LogP) is 3.31. The van der Waals surface area contributed by atoms with Gasteiger partial charge in [-0.05, 0) is 55.7 Å². The van der Waals surface area contributed by atoms with Crippen molar-refractivity contribution in [2.24, 2.45) is 7.05 Å². The van der Waals surface area contributed by atoms with Gasteiger partial charge in [0, 0.05) is 18.4 Å². The number of nitrogens with zero attached hydrogens (tertiary/aromatic N) is 3. The highest BCUT2D eigenvalue weighted by Gasteiger charge is 2.20. The minimum atomic E-state index is -0.544. The Morgan fingerprint density at radius 3 is 2.47 bits per heavy atom. The average molecular weight is 431 g/mol. The molecule has 7 heteroatoms. The molecule has 0 radical (unpaired) electrons. The fourth-order valence-corrected chi connectivity index (χ4v) is 4.02. The second-order valence-corrected chi connectivity index (χ2v) is 7.99. The Morgan fingerprint density at radius 2 is 1.75 bits per heavy atom. The Bertz CT molecular complexity index is 1460. The molecule has 0 aliphatic heterocycles. The van der Waals surface area contributed by atoms with Gasteiger partial charge in [-0.1, -0.05) is 37.3 Å². The number of para-hydroxylation sites is 1. The van der Waals surface area contributed by atoms with Crippen molar-refractivity contribution >= 4 is 22.6 Å². The van der Waals surface area contributed by atoms with E-state index in [0.717, 1.165) is 33.5 Å². The lowest BCUT2D eigenvalue weighted by atomic mass is 10.1. The Kier molecular flexibility index (Phi) is 5.57. The number of hydrogen-bond acceptors (Lipinski definition) is 3. The molecule has 0 bridgehead atoms. The van der Waals surface area contributed by atoms with E-state index >= 15 is 0 Å². The summed E-state index contributed by atoms with van der Waals surface area (Å²) in [4.78, 5) is 39.8. The van der Waals surface area contributed by atoms with Crippen LogP contribution in [0.25, 0.3) is 16.7 Å². The van der Waals surface area contributed by atoms with Gasteiger partial charge in [0.05, 0.1) is 11.2 Å². The summed E-state index contributed by atoms with van der Waals surface area (Å²) in [6, 6.07) is 16.6. The van der Waals surface area contributed by atoms with Gasteiger partial charge in [0.1, 0.15) is 12.1 Å². The number of aryl methyl sites for hydroxylation is 4. The highest BCUT2D eigenvalue weighted by molar-refractivity contribution is 5.92. The van der Waals surface area contributed by atoms with E-state index in [1.807, 2.05) is 51.1 Å². The summed E-state index contributed by atoms with van der Waals surface area (Å²) in [5, 5.41) is 2.91. The minimum Gasteiger partial charge on any atom is -0.342 e. The fourth-order valence-electron chi connectivity index (χ4n) is 4.02. The molecule has 1 N–H and O–H groups in total. The van der Waals surface area contributed by atoms with Gasteiger partial charge in [-0.25, -0.2) is 9.36 Å². The molecule has 0 fully saturated rings. The van der Waals surface area contributed by atoms with E-state index in [0.29, 0.717) is 16.7 Å². The number of hydrogen-bond donors (Lipinski definition) is 1. The maximum atomic E-state index is 13.5. The molecule has 2 aromatic carbocycles. The zero-order chi connectivity index (χ0) is 23.0. The molecule has 0 aliphatic rings. The van der Waals surface area contributed by atoms with Crippen LogP contribution in [0.2, 0.25) is 0 Å². The standard InChI is InChI=1S/C25H26N4O3/c1-5-18-10-6-7-12-20(18)26-22(30)15-28-21-14-17(3)27(4)23(21)24(31)29(25(28)32)19-11-8-9-16(2)13-19/h6-14H,5,15H2,1-4H3,(H,26,30). The maximum absolute atomic E-state index is 13.5. The molecule has 0 saturated heterocycles. The van der Waals surface area contributed by atoms with Crippen LogP contribution < -0.4 is 16.6 Å². The van der Waals surface area contributed by atoms with Crippen molar-refractivity contribution in [3.63, 3.8) is 0 Å². The van der Waals surface area contributed by atoms with Crippen molar-refractivity contribution in [1.82, 2.24) is 13.7 Å². The lowest BCUT2D eigenvalue weighted by Gasteiger charge is -2.14. The molecule has 0 unspecified atom stereocenters. The largest absolute Gasteiger partial charge is 0.342 e. The van der Waals surface area contributed by atoms with Crippen molar-refractivity contribution in [3.05, 3.63) is 92.3 Å². The number of benzene rings is 2. The molecule has 2 heterocycles. The number of rotatable bonds is 5. The van der Waals surface area contributed by atoms with E-state index in [1.165, 1.54) is 4.57 Å². The van der Waals surface area contributed by atoms with E-state index in [9.17, 15) is 14.4 Å². The van der Waals surface area contributed by atoms with Gasteiger partial charge in [-0.3, -0.25) is 14.2 Å². The first-order valence-electron chi connectivity index (χ1n) is 10.6. The topological polar surface area (TPSA) is 78.0 Å². The Balaban J connectivity index is 1.87. The van der Waals surface area contributed by atoms with Gasteiger partial charge in [-0.15, -0.1) is 0 Å². The van der Waals surface area contributed by atoms with Gasteiger partial charge >= 0.3 is 5.69 Å². The first-order valence-corrected chi connectivity index (χ1v) is 10.6.